The van der Waals surface area contributed by atoms with E-state index in [0.29, 0.717) is 25.8 Å². The number of unbranched alkanes of at least 4 members (excludes halogenated alkanes) is 1. The summed E-state index contributed by atoms with van der Waals surface area (Å²) >= 11 is 4.05. The van der Waals surface area contributed by atoms with Gasteiger partial charge < -0.3 is 37.6 Å². The number of hydrogen-bond donors (Lipinski definition) is 8. The molecule has 0 radical (unpaired) electrons. The molecule has 4 atom stereocenters. The van der Waals surface area contributed by atoms with Gasteiger partial charge in [-0.3, -0.25) is 19.2 Å². The van der Waals surface area contributed by atoms with Crippen LogP contribution in [0.15, 0.2) is 0 Å². The number of carbonyl (C=O) groups excluding carboxylic acids is 3. The Bertz CT molecular complexity index is 647. The van der Waals surface area contributed by atoms with Crippen LogP contribution in [0.3, 0.4) is 0 Å². The van der Waals surface area contributed by atoms with Gasteiger partial charge in [0.25, 0.3) is 0 Å². The Hall–Kier alpha value is -2.38. The molecule has 0 saturated carbocycles. The van der Waals surface area contributed by atoms with Crippen LogP contribution in [0.1, 0.15) is 39.5 Å². The van der Waals surface area contributed by atoms with Crippen LogP contribution in [-0.4, -0.2) is 76.3 Å². The van der Waals surface area contributed by atoms with Crippen molar-refractivity contribution in [3.63, 3.8) is 0 Å². The molecule has 0 aliphatic heterocycles. The molecule has 3 amide bonds. The third-order valence-corrected chi connectivity index (χ3v) is 4.73. The summed E-state index contributed by atoms with van der Waals surface area (Å²) in [5.41, 5.74) is 11.2. The highest BCUT2D eigenvalue weighted by Gasteiger charge is 2.32. The summed E-state index contributed by atoms with van der Waals surface area (Å²) in [6.45, 7) is 3.70. The van der Waals surface area contributed by atoms with Crippen LogP contribution in [0.2, 0.25) is 0 Å². The van der Waals surface area contributed by atoms with Gasteiger partial charge in [0.2, 0.25) is 17.7 Å². The summed E-state index contributed by atoms with van der Waals surface area (Å²) in [5, 5.41) is 24.9. The Morgan fingerprint density at radius 2 is 1.48 bits per heavy atom. The van der Waals surface area contributed by atoms with Gasteiger partial charge in [0.15, 0.2) is 0 Å². The maximum atomic E-state index is 12.6. The molecule has 0 aromatic heterocycles. The molecule has 31 heavy (non-hydrogen) atoms. The Morgan fingerprint density at radius 3 is 1.94 bits per heavy atom. The Morgan fingerprint density at radius 1 is 0.903 bits per heavy atom. The van der Waals surface area contributed by atoms with Crippen molar-refractivity contribution in [1.82, 2.24) is 16.0 Å². The van der Waals surface area contributed by atoms with Gasteiger partial charge in [-0.2, -0.15) is 12.6 Å². The topological polar surface area (TPSA) is 214 Å². The molecule has 0 heterocycles. The van der Waals surface area contributed by atoms with Crippen molar-refractivity contribution in [3.05, 3.63) is 0 Å². The zero-order valence-corrected chi connectivity index (χ0v) is 18.6. The normalized spacial score (nSPS) is 14.8. The number of carboxylic acids is 2. The van der Waals surface area contributed by atoms with Crippen molar-refractivity contribution in [3.8, 4) is 0 Å². The Kier molecular flexibility index (Phi) is 13.5. The number of carbonyl (C=O) groups is 5. The van der Waals surface area contributed by atoms with E-state index in [1.54, 1.807) is 13.8 Å². The van der Waals surface area contributed by atoms with E-state index in [0.717, 1.165) is 0 Å². The van der Waals surface area contributed by atoms with Gasteiger partial charge in [-0.25, -0.2) is 4.79 Å². The number of hydrogen-bond acceptors (Lipinski definition) is 8. The molecule has 0 aliphatic rings. The molecule has 0 aliphatic carbocycles. The van der Waals surface area contributed by atoms with Crippen LogP contribution in [0, 0.1) is 5.92 Å². The average Bonchev–Trinajstić information content (AvgIpc) is 2.68. The molecule has 0 spiro atoms. The lowest BCUT2D eigenvalue weighted by atomic mass is 10.0. The third-order valence-electron chi connectivity index (χ3n) is 4.36. The molecule has 0 aromatic carbocycles. The highest BCUT2D eigenvalue weighted by molar-refractivity contribution is 7.80. The van der Waals surface area contributed by atoms with Crippen molar-refractivity contribution >= 4 is 42.3 Å². The van der Waals surface area contributed by atoms with E-state index in [9.17, 15) is 24.0 Å². The summed E-state index contributed by atoms with van der Waals surface area (Å²) in [4.78, 5) is 59.3. The predicted molar refractivity (Wildman–Crippen MR) is 115 cm³/mol. The summed E-state index contributed by atoms with van der Waals surface area (Å²) in [6.07, 6.45) is 0.930. The van der Waals surface area contributed by atoms with Crippen LogP contribution >= 0.6 is 12.6 Å². The van der Waals surface area contributed by atoms with Gasteiger partial charge in [0.1, 0.15) is 18.1 Å². The zero-order valence-electron chi connectivity index (χ0n) is 17.7. The molecule has 9 N–H and O–H groups in total. The molecular weight excluding hydrogens is 430 g/mol. The number of nitrogens with one attached hydrogen (secondary N) is 3. The van der Waals surface area contributed by atoms with Gasteiger partial charge in [-0.05, 0) is 25.3 Å². The molecular formula is C18H33N5O7S. The minimum atomic E-state index is -1.66. The van der Waals surface area contributed by atoms with Gasteiger partial charge in [0, 0.05) is 5.75 Å². The van der Waals surface area contributed by atoms with E-state index in [-0.39, 0.29) is 5.75 Å². The third kappa shape index (κ3) is 11.0. The second-order valence-electron chi connectivity index (χ2n) is 7.36. The standard InChI is InChI=1S/C18H33N5O7S/c1-9(2)14(17(28)21-11(18(29)30)7-13(24)25)23-16(27)12(8-31)22-15(26)10(20)5-3-4-6-19/h9-12,14,31H,3-8,19-20H2,1-2H3,(H,21,28)(H,22,26)(H,23,27)(H,24,25)(H,29,30). The van der Waals surface area contributed by atoms with Gasteiger partial charge in [0.05, 0.1) is 12.5 Å². The van der Waals surface area contributed by atoms with Gasteiger partial charge >= 0.3 is 11.9 Å². The number of amides is 3. The van der Waals surface area contributed by atoms with E-state index in [2.05, 4.69) is 28.6 Å². The molecule has 0 saturated heterocycles. The van der Waals surface area contributed by atoms with Crippen molar-refractivity contribution in [1.29, 1.82) is 0 Å². The van der Waals surface area contributed by atoms with E-state index < -0.39 is 66.2 Å². The van der Waals surface area contributed by atoms with Crippen LogP contribution in [-0.2, 0) is 24.0 Å². The Labute approximate surface area is 186 Å². The van der Waals surface area contributed by atoms with Crippen LogP contribution < -0.4 is 27.4 Å². The SMILES string of the molecule is CC(C)C(NC(=O)C(CS)NC(=O)C(N)CCCCN)C(=O)NC(CC(=O)O)C(=O)O. The second-order valence-corrected chi connectivity index (χ2v) is 7.73. The molecule has 4 unspecified atom stereocenters. The number of nitrogens with two attached hydrogens (primary N) is 2. The first-order valence-corrected chi connectivity index (χ1v) is 10.5. The smallest absolute Gasteiger partial charge is 0.326 e. The number of carboxylic acid groups (broad SMARTS) is 2. The lowest BCUT2D eigenvalue weighted by Gasteiger charge is -2.26. The van der Waals surface area contributed by atoms with Crippen molar-refractivity contribution in [2.75, 3.05) is 12.3 Å². The van der Waals surface area contributed by atoms with Crippen LogP contribution in [0.25, 0.3) is 0 Å². The van der Waals surface area contributed by atoms with Crippen molar-refractivity contribution in [2.45, 2.75) is 63.7 Å². The lowest BCUT2D eigenvalue weighted by molar-refractivity contribution is -0.147. The first kappa shape index (κ1) is 28.6. The van der Waals surface area contributed by atoms with E-state index in [1.165, 1.54) is 0 Å². The molecule has 0 rings (SSSR count). The predicted octanol–water partition coefficient (Wildman–Crippen LogP) is -1.96. The maximum absolute atomic E-state index is 12.6. The van der Waals surface area contributed by atoms with E-state index in [1.807, 2.05) is 0 Å². The Balaban J connectivity index is 5.10. The van der Waals surface area contributed by atoms with E-state index in [4.69, 9.17) is 21.7 Å². The summed E-state index contributed by atoms with van der Waals surface area (Å²) in [7, 11) is 0. The van der Waals surface area contributed by atoms with Crippen LogP contribution in [0.4, 0.5) is 0 Å². The molecule has 13 heteroatoms. The fourth-order valence-corrected chi connectivity index (χ4v) is 2.79. The molecule has 0 fully saturated rings. The van der Waals surface area contributed by atoms with E-state index >= 15 is 0 Å². The van der Waals surface area contributed by atoms with Gasteiger partial charge in [-0.15, -0.1) is 0 Å². The largest absolute Gasteiger partial charge is 0.481 e. The molecule has 178 valence electrons. The maximum Gasteiger partial charge on any atom is 0.326 e. The molecule has 0 bridgehead atoms. The first-order chi connectivity index (χ1) is 14.4. The quantitative estimate of drug-likeness (QED) is 0.0998. The van der Waals surface area contributed by atoms with Crippen LogP contribution in [0.5, 0.6) is 0 Å². The second kappa shape index (κ2) is 14.6. The lowest BCUT2D eigenvalue weighted by Crippen LogP contribution is -2.59. The fraction of sp³-hybridized carbons (Fsp3) is 0.722. The summed E-state index contributed by atoms with van der Waals surface area (Å²) in [5.74, 6) is -5.58. The van der Waals surface area contributed by atoms with Crippen molar-refractivity contribution < 1.29 is 34.2 Å². The summed E-state index contributed by atoms with van der Waals surface area (Å²) in [6, 6.07) is -4.74. The number of thiol groups is 1. The molecule has 0 aromatic rings. The first-order valence-electron chi connectivity index (χ1n) is 9.86. The monoisotopic (exact) mass is 463 g/mol. The minimum absolute atomic E-state index is 0.0731. The van der Waals surface area contributed by atoms with Crippen molar-refractivity contribution in [2.24, 2.45) is 17.4 Å². The highest BCUT2D eigenvalue weighted by atomic mass is 32.1. The average molecular weight is 464 g/mol. The number of aliphatic carboxylic acids is 2. The number of rotatable bonds is 15. The fourth-order valence-electron chi connectivity index (χ4n) is 2.54. The summed E-state index contributed by atoms with van der Waals surface area (Å²) < 4.78 is 0. The molecule has 12 nitrogen and oxygen atoms in total. The zero-order chi connectivity index (χ0) is 24.1. The van der Waals surface area contributed by atoms with Gasteiger partial charge in [-0.1, -0.05) is 20.3 Å². The highest BCUT2D eigenvalue weighted by Crippen LogP contribution is 2.06. The minimum Gasteiger partial charge on any atom is -0.481 e.